The van der Waals surface area contributed by atoms with E-state index < -0.39 is 0 Å². The summed E-state index contributed by atoms with van der Waals surface area (Å²) < 4.78 is 5.36. The molecule has 0 aliphatic rings. The molecule has 2 heterocycles. The van der Waals surface area contributed by atoms with Crippen molar-refractivity contribution in [2.45, 2.75) is 26.7 Å². The third kappa shape index (κ3) is 1.91. The molecule has 2 rings (SSSR count). The molecular weight excluding hydrogens is 202 g/mol. The lowest BCUT2D eigenvalue weighted by atomic mass is 10.1. The minimum absolute atomic E-state index is 0.319. The third-order valence-electron chi connectivity index (χ3n) is 2.42. The van der Waals surface area contributed by atoms with Gasteiger partial charge in [0.05, 0.1) is 6.26 Å². The predicted octanol–water partition coefficient (Wildman–Crippen LogP) is 2.75. The van der Waals surface area contributed by atoms with Crippen molar-refractivity contribution in [3.63, 3.8) is 0 Å². The van der Waals surface area contributed by atoms with Gasteiger partial charge in [0.1, 0.15) is 5.82 Å². The zero-order valence-electron chi connectivity index (χ0n) is 9.69. The number of nitrogens with zero attached hydrogens (tertiary/aromatic N) is 2. The Morgan fingerprint density at radius 2 is 2.06 bits per heavy atom. The molecule has 2 aromatic rings. The monoisotopic (exact) mass is 217 g/mol. The molecule has 4 nitrogen and oxygen atoms in total. The van der Waals surface area contributed by atoms with Gasteiger partial charge in [-0.1, -0.05) is 13.8 Å². The van der Waals surface area contributed by atoms with Crippen LogP contribution in [0.5, 0.6) is 0 Å². The molecule has 0 bridgehead atoms. The highest BCUT2D eigenvalue weighted by Crippen LogP contribution is 2.23. The van der Waals surface area contributed by atoms with Crippen LogP contribution in [0.1, 0.15) is 31.0 Å². The Balaban J connectivity index is 2.54. The van der Waals surface area contributed by atoms with Gasteiger partial charge in [0, 0.05) is 11.8 Å². The maximum Gasteiger partial charge on any atom is 0.198 e. The van der Waals surface area contributed by atoms with Gasteiger partial charge in [-0.15, -0.1) is 0 Å². The van der Waals surface area contributed by atoms with Crippen molar-refractivity contribution >= 4 is 5.82 Å². The molecule has 0 saturated carbocycles. The van der Waals surface area contributed by atoms with Crippen LogP contribution in [-0.4, -0.2) is 9.97 Å². The van der Waals surface area contributed by atoms with E-state index in [0.717, 1.165) is 11.3 Å². The average Bonchev–Trinajstić information content (AvgIpc) is 2.63. The number of furan rings is 1. The first-order valence-electron chi connectivity index (χ1n) is 5.27. The fourth-order valence-corrected chi connectivity index (χ4v) is 1.48. The van der Waals surface area contributed by atoms with E-state index in [2.05, 4.69) is 23.8 Å². The fourth-order valence-electron chi connectivity index (χ4n) is 1.48. The van der Waals surface area contributed by atoms with Crippen molar-refractivity contribution in [2.24, 2.45) is 0 Å². The molecule has 0 saturated heterocycles. The maximum atomic E-state index is 5.76. The normalized spacial score (nSPS) is 11.0. The molecule has 0 fully saturated rings. The van der Waals surface area contributed by atoms with Gasteiger partial charge in [-0.3, -0.25) is 0 Å². The van der Waals surface area contributed by atoms with Gasteiger partial charge in [-0.25, -0.2) is 9.97 Å². The molecule has 2 N–H and O–H groups in total. The third-order valence-corrected chi connectivity index (χ3v) is 2.42. The van der Waals surface area contributed by atoms with E-state index in [1.54, 1.807) is 12.3 Å². The van der Waals surface area contributed by atoms with Crippen molar-refractivity contribution in [3.8, 4) is 11.6 Å². The second-order valence-electron chi connectivity index (χ2n) is 4.13. The van der Waals surface area contributed by atoms with E-state index in [4.69, 9.17) is 10.2 Å². The quantitative estimate of drug-likeness (QED) is 0.840. The molecule has 16 heavy (non-hydrogen) atoms. The van der Waals surface area contributed by atoms with Crippen LogP contribution >= 0.6 is 0 Å². The summed E-state index contributed by atoms with van der Waals surface area (Å²) in [5, 5.41) is 0. The standard InChI is InChI=1S/C12H15N3O/c1-7(2)9-6-10(13)15-12(14-9)11-8(3)4-5-16-11/h4-7H,1-3H3,(H2,13,14,15). The van der Waals surface area contributed by atoms with Crippen molar-refractivity contribution in [1.82, 2.24) is 9.97 Å². The van der Waals surface area contributed by atoms with Gasteiger partial charge in [0.2, 0.25) is 0 Å². The van der Waals surface area contributed by atoms with E-state index in [-0.39, 0.29) is 0 Å². The van der Waals surface area contributed by atoms with Crippen LogP contribution in [0.2, 0.25) is 0 Å². The number of aromatic nitrogens is 2. The Bertz CT molecular complexity index is 503. The molecule has 2 aromatic heterocycles. The van der Waals surface area contributed by atoms with E-state index in [1.807, 2.05) is 13.0 Å². The molecule has 84 valence electrons. The van der Waals surface area contributed by atoms with Gasteiger partial charge in [-0.05, 0) is 24.5 Å². The number of hydrogen-bond acceptors (Lipinski definition) is 4. The van der Waals surface area contributed by atoms with Gasteiger partial charge >= 0.3 is 0 Å². The first kappa shape index (κ1) is 10.7. The van der Waals surface area contributed by atoms with Crippen LogP contribution in [-0.2, 0) is 0 Å². The highest BCUT2D eigenvalue weighted by atomic mass is 16.3. The van der Waals surface area contributed by atoms with Crippen LogP contribution in [0, 0.1) is 6.92 Å². The highest BCUT2D eigenvalue weighted by molar-refractivity contribution is 5.54. The lowest BCUT2D eigenvalue weighted by Gasteiger charge is -2.07. The average molecular weight is 217 g/mol. The minimum atomic E-state index is 0.319. The van der Waals surface area contributed by atoms with Gasteiger partial charge in [0.15, 0.2) is 11.6 Å². The van der Waals surface area contributed by atoms with Crippen LogP contribution in [0.15, 0.2) is 22.8 Å². The smallest absolute Gasteiger partial charge is 0.198 e. The molecule has 0 unspecified atom stereocenters. The first-order valence-corrected chi connectivity index (χ1v) is 5.27. The van der Waals surface area contributed by atoms with Gasteiger partial charge < -0.3 is 10.2 Å². The summed E-state index contributed by atoms with van der Waals surface area (Å²) in [6.45, 7) is 6.10. The number of nitrogen functional groups attached to an aromatic ring is 1. The summed E-state index contributed by atoms with van der Waals surface area (Å²) >= 11 is 0. The van der Waals surface area contributed by atoms with Crippen molar-refractivity contribution in [3.05, 3.63) is 29.7 Å². The fraction of sp³-hybridized carbons (Fsp3) is 0.333. The van der Waals surface area contributed by atoms with Crippen molar-refractivity contribution < 1.29 is 4.42 Å². The number of anilines is 1. The van der Waals surface area contributed by atoms with Crippen molar-refractivity contribution in [1.29, 1.82) is 0 Å². The molecule has 0 atom stereocenters. The van der Waals surface area contributed by atoms with Crippen LogP contribution in [0.25, 0.3) is 11.6 Å². The maximum absolute atomic E-state index is 5.76. The summed E-state index contributed by atoms with van der Waals surface area (Å²) in [5.41, 5.74) is 7.70. The summed E-state index contributed by atoms with van der Waals surface area (Å²) in [6, 6.07) is 3.68. The van der Waals surface area contributed by atoms with Crippen LogP contribution in [0.3, 0.4) is 0 Å². The zero-order chi connectivity index (χ0) is 11.7. The second-order valence-corrected chi connectivity index (χ2v) is 4.13. The van der Waals surface area contributed by atoms with E-state index >= 15 is 0 Å². The van der Waals surface area contributed by atoms with Crippen LogP contribution in [0.4, 0.5) is 5.82 Å². The number of aryl methyl sites for hydroxylation is 1. The molecule has 0 spiro atoms. The molecule has 0 aliphatic carbocycles. The van der Waals surface area contributed by atoms with Crippen LogP contribution < -0.4 is 5.73 Å². The number of hydrogen-bond donors (Lipinski definition) is 1. The van der Waals surface area contributed by atoms with E-state index in [0.29, 0.717) is 23.3 Å². The summed E-state index contributed by atoms with van der Waals surface area (Å²) in [7, 11) is 0. The minimum Gasteiger partial charge on any atom is -0.461 e. The SMILES string of the molecule is Cc1ccoc1-c1nc(N)cc(C(C)C)n1. The van der Waals surface area contributed by atoms with Gasteiger partial charge in [0.25, 0.3) is 0 Å². The summed E-state index contributed by atoms with van der Waals surface area (Å²) in [5.74, 6) is 2.05. The Morgan fingerprint density at radius 1 is 1.31 bits per heavy atom. The number of rotatable bonds is 2. The van der Waals surface area contributed by atoms with E-state index in [1.165, 1.54) is 0 Å². The number of nitrogens with two attached hydrogens (primary N) is 1. The lowest BCUT2D eigenvalue weighted by molar-refractivity contribution is 0.575. The molecular formula is C12H15N3O. The Hall–Kier alpha value is -1.84. The predicted molar refractivity (Wildman–Crippen MR) is 63.0 cm³/mol. The largest absolute Gasteiger partial charge is 0.461 e. The first-order chi connectivity index (χ1) is 7.58. The zero-order valence-corrected chi connectivity index (χ0v) is 9.69. The highest BCUT2D eigenvalue weighted by Gasteiger charge is 2.12. The summed E-state index contributed by atoms with van der Waals surface area (Å²) in [6.07, 6.45) is 1.63. The lowest BCUT2D eigenvalue weighted by Crippen LogP contribution is -2.01. The molecule has 0 aromatic carbocycles. The molecule has 4 heteroatoms. The molecule has 0 amide bonds. The molecule has 0 aliphatic heterocycles. The molecule has 0 radical (unpaired) electrons. The Labute approximate surface area is 94.5 Å². The Morgan fingerprint density at radius 3 is 2.62 bits per heavy atom. The Kier molecular flexibility index (Phi) is 2.64. The van der Waals surface area contributed by atoms with Gasteiger partial charge in [-0.2, -0.15) is 0 Å². The van der Waals surface area contributed by atoms with Crippen molar-refractivity contribution in [2.75, 3.05) is 5.73 Å². The second kappa shape index (κ2) is 3.96. The van der Waals surface area contributed by atoms with E-state index in [9.17, 15) is 0 Å². The summed E-state index contributed by atoms with van der Waals surface area (Å²) in [4.78, 5) is 8.64. The topological polar surface area (TPSA) is 64.9 Å².